The fourth-order valence-corrected chi connectivity index (χ4v) is 1.21. The van der Waals surface area contributed by atoms with E-state index in [4.69, 9.17) is 0 Å². The third-order valence-electron chi connectivity index (χ3n) is 1.94. The second-order valence-corrected chi connectivity index (χ2v) is 2.96. The largest absolute Gasteiger partial charge is 0.465 e. The van der Waals surface area contributed by atoms with E-state index in [-0.39, 0.29) is 5.97 Å². The zero-order chi connectivity index (χ0) is 11.8. The Morgan fingerprint density at radius 2 is 1.94 bits per heavy atom. The Morgan fingerprint density at radius 3 is 2.62 bits per heavy atom. The lowest BCUT2D eigenvalue weighted by Gasteiger charge is -2.02. The first-order valence-electron chi connectivity index (χ1n) is 4.75. The fourth-order valence-electron chi connectivity index (χ4n) is 1.21. The van der Waals surface area contributed by atoms with Crippen molar-refractivity contribution in [3.05, 3.63) is 53.6 Å². The number of rotatable bonds is 4. The zero-order valence-electron chi connectivity index (χ0n) is 8.92. The quantitative estimate of drug-likeness (QED) is 0.335. The predicted molar refractivity (Wildman–Crippen MR) is 62.0 cm³/mol. The van der Waals surface area contributed by atoms with Gasteiger partial charge in [0.25, 0.3) is 0 Å². The minimum absolute atomic E-state index is 0.375. The molecule has 3 heteroatoms. The first-order valence-corrected chi connectivity index (χ1v) is 4.75. The number of benzene rings is 1. The molecule has 1 aromatic rings. The molecule has 0 saturated carbocycles. The average Bonchev–Trinajstić information content (AvgIpc) is 2.34. The summed E-state index contributed by atoms with van der Waals surface area (Å²) in [7, 11) is 1.34. The predicted octanol–water partition coefficient (Wildman–Crippen LogP) is 2.24. The van der Waals surface area contributed by atoms with Crippen LogP contribution < -0.4 is 0 Å². The Labute approximate surface area is 94.0 Å². The van der Waals surface area contributed by atoms with Gasteiger partial charge in [0.05, 0.1) is 12.7 Å². The first-order chi connectivity index (χ1) is 7.79. The van der Waals surface area contributed by atoms with E-state index < -0.39 is 0 Å². The molecule has 0 amide bonds. The molecule has 0 aliphatic carbocycles. The van der Waals surface area contributed by atoms with Crippen LogP contribution in [0.2, 0.25) is 0 Å². The number of carbonyl (C=O) groups excluding carboxylic acids is 2. The number of carbonyl (C=O) groups is 2. The summed E-state index contributed by atoms with van der Waals surface area (Å²) in [5.74, 6) is -0.375. The second kappa shape index (κ2) is 6.35. The number of esters is 1. The van der Waals surface area contributed by atoms with E-state index in [9.17, 15) is 9.59 Å². The van der Waals surface area contributed by atoms with Gasteiger partial charge in [0.15, 0.2) is 0 Å². The molecule has 0 spiro atoms. The van der Waals surface area contributed by atoms with Crippen LogP contribution in [0.25, 0.3) is 6.08 Å². The molecule has 1 aromatic carbocycles. The van der Waals surface area contributed by atoms with E-state index in [0.29, 0.717) is 11.8 Å². The van der Waals surface area contributed by atoms with Crippen molar-refractivity contribution in [2.45, 2.75) is 0 Å². The Bertz CT molecular complexity index is 431. The standard InChI is InChI=1S/C13H12O3/c1-16-13(15)12-9-5-4-8-11(12)7-3-2-6-10-14/h2-10H,1H3/b6-2+,7-3+. The summed E-state index contributed by atoms with van der Waals surface area (Å²) >= 11 is 0. The van der Waals surface area contributed by atoms with Gasteiger partial charge in [0.2, 0.25) is 0 Å². The molecule has 0 N–H and O–H groups in total. The van der Waals surface area contributed by atoms with Crippen LogP contribution in [-0.2, 0) is 9.53 Å². The lowest BCUT2D eigenvalue weighted by molar-refractivity contribution is -0.104. The van der Waals surface area contributed by atoms with Gasteiger partial charge in [0.1, 0.15) is 6.29 Å². The van der Waals surface area contributed by atoms with Crippen molar-refractivity contribution < 1.29 is 14.3 Å². The van der Waals surface area contributed by atoms with Gasteiger partial charge in [-0.25, -0.2) is 4.79 Å². The summed E-state index contributed by atoms with van der Waals surface area (Å²) in [5, 5.41) is 0. The molecule has 1 rings (SSSR count). The Hall–Kier alpha value is -2.16. The van der Waals surface area contributed by atoms with E-state index in [1.165, 1.54) is 13.2 Å². The smallest absolute Gasteiger partial charge is 0.338 e. The minimum Gasteiger partial charge on any atom is -0.465 e. The summed E-state index contributed by atoms with van der Waals surface area (Å²) in [6, 6.07) is 7.09. The van der Waals surface area contributed by atoms with E-state index in [0.717, 1.165) is 5.56 Å². The summed E-state index contributed by atoms with van der Waals surface area (Å²) in [5.41, 5.74) is 1.26. The molecule has 0 aliphatic heterocycles. The second-order valence-electron chi connectivity index (χ2n) is 2.96. The van der Waals surface area contributed by atoms with Gasteiger partial charge < -0.3 is 4.74 Å². The van der Waals surface area contributed by atoms with Gasteiger partial charge in [-0.3, -0.25) is 4.79 Å². The van der Waals surface area contributed by atoms with Gasteiger partial charge in [-0.2, -0.15) is 0 Å². The molecule has 0 aliphatic rings. The SMILES string of the molecule is COC(=O)c1ccccc1/C=C/C=C/C=O. The highest BCUT2D eigenvalue weighted by Gasteiger charge is 2.07. The molecule has 0 bridgehead atoms. The van der Waals surface area contributed by atoms with Crippen molar-refractivity contribution in [2.24, 2.45) is 0 Å². The van der Waals surface area contributed by atoms with Gasteiger partial charge >= 0.3 is 5.97 Å². The number of allylic oxidation sites excluding steroid dienone is 3. The topological polar surface area (TPSA) is 43.4 Å². The van der Waals surface area contributed by atoms with E-state index >= 15 is 0 Å². The van der Waals surface area contributed by atoms with Gasteiger partial charge in [-0.1, -0.05) is 36.4 Å². The van der Waals surface area contributed by atoms with Crippen LogP contribution in [-0.4, -0.2) is 19.4 Å². The van der Waals surface area contributed by atoms with Crippen LogP contribution in [0.4, 0.5) is 0 Å². The number of ether oxygens (including phenoxy) is 1. The molecular formula is C13H12O3. The molecule has 82 valence electrons. The van der Waals surface area contributed by atoms with Crippen molar-refractivity contribution in [2.75, 3.05) is 7.11 Å². The first kappa shape index (κ1) is 11.9. The van der Waals surface area contributed by atoms with Gasteiger partial charge in [-0.15, -0.1) is 0 Å². The van der Waals surface area contributed by atoms with Crippen LogP contribution in [0.5, 0.6) is 0 Å². The minimum atomic E-state index is -0.375. The summed E-state index contributed by atoms with van der Waals surface area (Å²) in [6.07, 6.45) is 7.09. The summed E-state index contributed by atoms with van der Waals surface area (Å²) in [6.45, 7) is 0. The highest BCUT2D eigenvalue weighted by atomic mass is 16.5. The van der Waals surface area contributed by atoms with Crippen molar-refractivity contribution in [1.82, 2.24) is 0 Å². The lowest BCUT2D eigenvalue weighted by atomic mass is 10.1. The molecule has 0 aromatic heterocycles. The maximum atomic E-state index is 11.4. The van der Waals surface area contributed by atoms with Crippen LogP contribution in [0.1, 0.15) is 15.9 Å². The van der Waals surface area contributed by atoms with Crippen LogP contribution in [0.15, 0.2) is 42.5 Å². The number of hydrogen-bond acceptors (Lipinski definition) is 3. The van der Waals surface area contributed by atoms with Crippen molar-refractivity contribution in [1.29, 1.82) is 0 Å². The van der Waals surface area contributed by atoms with E-state index in [2.05, 4.69) is 4.74 Å². The maximum Gasteiger partial charge on any atom is 0.338 e. The third kappa shape index (κ3) is 3.20. The van der Waals surface area contributed by atoms with E-state index in [1.807, 2.05) is 6.07 Å². The number of methoxy groups -OCH3 is 1. The number of aldehydes is 1. The Kier molecular flexibility index (Phi) is 4.73. The number of hydrogen-bond donors (Lipinski definition) is 0. The average molecular weight is 216 g/mol. The van der Waals surface area contributed by atoms with Gasteiger partial charge in [-0.05, 0) is 17.7 Å². The molecule has 0 saturated heterocycles. The molecular weight excluding hydrogens is 204 g/mol. The molecule has 3 nitrogen and oxygen atoms in total. The Balaban J connectivity index is 2.95. The van der Waals surface area contributed by atoms with Crippen molar-refractivity contribution >= 4 is 18.3 Å². The van der Waals surface area contributed by atoms with Crippen LogP contribution >= 0.6 is 0 Å². The molecule has 0 unspecified atom stereocenters. The summed E-state index contributed by atoms with van der Waals surface area (Å²) < 4.78 is 4.66. The van der Waals surface area contributed by atoms with Gasteiger partial charge in [0, 0.05) is 0 Å². The highest BCUT2D eigenvalue weighted by molar-refractivity contribution is 5.93. The molecule has 0 atom stereocenters. The van der Waals surface area contributed by atoms with Crippen molar-refractivity contribution in [3.8, 4) is 0 Å². The monoisotopic (exact) mass is 216 g/mol. The lowest BCUT2D eigenvalue weighted by Crippen LogP contribution is -2.02. The van der Waals surface area contributed by atoms with Crippen molar-refractivity contribution in [3.63, 3.8) is 0 Å². The molecule has 0 heterocycles. The molecule has 16 heavy (non-hydrogen) atoms. The van der Waals surface area contributed by atoms with E-state index in [1.54, 1.807) is 36.4 Å². The zero-order valence-corrected chi connectivity index (χ0v) is 8.92. The Morgan fingerprint density at radius 1 is 1.19 bits per heavy atom. The summed E-state index contributed by atoms with van der Waals surface area (Å²) in [4.78, 5) is 21.4. The normalized spacial score (nSPS) is 10.8. The van der Waals surface area contributed by atoms with Crippen LogP contribution in [0.3, 0.4) is 0 Å². The maximum absolute atomic E-state index is 11.4. The van der Waals surface area contributed by atoms with Crippen LogP contribution in [0, 0.1) is 0 Å². The molecule has 0 fully saturated rings. The molecule has 0 radical (unpaired) electrons. The highest BCUT2D eigenvalue weighted by Crippen LogP contribution is 2.11. The fraction of sp³-hybridized carbons (Fsp3) is 0.0769. The third-order valence-corrected chi connectivity index (χ3v) is 1.94.